The van der Waals surface area contributed by atoms with E-state index < -0.39 is 11.9 Å². The molecule has 2 aromatic carbocycles. The number of carbonyl (C=O) groups is 2. The molecule has 0 spiro atoms. The number of nitrogens with two attached hydrogens (primary N) is 1. The van der Waals surface area contributed by atoms with Crippen molar-refractivity contribution >= 4 is 17.7 Å². The highest BCUT2D eigenvalue weighted by Crippen LogP contribution is 2.18. The van der Waals surface area contributed by atoms with Gasteiger partial charge in [0.15, 0.2) is 6.20 Å². The molecule has 0 radical (unpaired) electrons. The van der Waals surface area contributed by atoms with Crippen LogP contribution in [0.2, 0.25) is 0 Å². The first-order valence-electron chi connectivity index (χ1n) is 10.6. The molecule has 0 aliphatic rings. The third-order valence-electron chi connectivity index (χ3n) is 5.58. The summed E-state index contributed by atoms with van der Waals surface area (Å²) < 4.78 is 7.00. The molecule has 0 aliphatic heterocycles. The Labute approximate surface area is 193 Å². The van der Waals surface area contributed by atoms with Gasteiger partial charge in [-0.1, -0.05) is 18.2 Å². The number of amidine groups is 1. The van der Waals surface area contributed by atoms with E-state index in [-0.39, 0.29) is 18.3 Å². The maximum Gasteiger partial charge on any atom is 0.310 e. The highest BCUT2D eigenvalue weighted by molar-refractivity contribution is 5.95. The smallest absolute Gasteiger partial charge is 0.310 e. The molecule has 0 fully saturated rings. The molecule has 3 aromatic rings. The SMILES string of the molecule is COC(=O)[C@H](Cc1cccc(C(=N)N)c1)CN(C)C(=O)c1ccc(-c2cccc[n+]2C)cc1. The lowest BCUT2D eigenvalue weighted by Gasteiger charge is -2.23. The summed E-state index contributed by atoms with van der Waals surface area (Å²) in [5.74, 6) is -1.15. The number of amides is 1. The summed E-state index contributed by atoms with van der Waals surface area (Å²) in [6, 6.07) is 20.6. The third kappa shape index (κ3) is 5.83. The zero-order valence-electron chi connectivity index (χ0n) is 19.1. The minimum atomic E-state index is -0.547. The van der Waals surface area contributed by atoms with Gasteiger partial charge in [0.05, 0.1) is 13.0 Å². The number of nitrogens with zero attached hydrogens (tertiary/aromatic N) is 2. The molecule has 1 aromatic heterocycles. The van der Waals surface area contributed by atoms with Crippen LogP contribution >= 0.6 is 0 Å². The van der Waals surface area contributed by atoms with Gasteiger partial charge in [0.2, 0.25) is 5.69 Å². The zero-order chi connectivity index (χ0) is 24.0. The molecule has 1 amide bonds. The number of hydrogen-bond donors (Lipinski definition) is 2. The standard InChI is InChI=1S/C26H29N4O3/c1-29-14-5-4-9-23(29)19-10-12-20(13-11-19)25(31)30(2)17-22(26(32)33-3)16-18-7-6-8-21(15-18)24(27)28/h4-15,22H,16-17H2,1-3H3,(H3,27,28)/q+1/t22-/m1/s1. The molecule has 0 saturated carbocycles. The van der Waals surface area contributed by atoms with Crippen LogP contribution in [0.3, 0.4) is 0 Å². The number of ether oxygens (including phenoxy) is 1. The second kappa shape index (κ2) is 10.5. The minimum Gasteiger partial charge on any atom is -0.469 e. The van der Waals surface area contributed by atoms with Crippen molar-refractivity contribution in [3.05, 3.63) is 89.6 Å². The molecule has 0 aliphatic carbocycles. The molecule has 7 nitrogen and oxygen atoms in total. The number of aromatic nitrogens is 1. The minimum absolute atomic E-state index is 0.0358. The van der Waals surface area contributed by atoms with Crippen LogP contribution < -0.4 is 10.3 Å². The van der Waals surface area contributed by atoms with Gasteiger partial charge in [-0.25, -0.2) is 4.57 Å². The van der Waals surface area contributed by atoms with Crippen LogP contribution in [-0.2, 0) is 23.0 Å². The number of nitrogen functional groups attached to an aromatic ring is 1. The number of pyridine rings is 1. The third-order valence-corrected chi connectivity index (χ3v) is 5.58. The Kier molecular flexibility index (Phi) is 7.56. The maximum atomic E-state index is 13.0. The number of rotatable bonds is 8. The monoisotopic (exact) mass is 445 g/mol. The van der Waals surface area contributed by atoms with Crippen LogP contribution in [0.1, 0.15) is 21.5 Å². The lowest BCUT2D eigenvalue weighted by atomic mass is 9.97. The number of aryl methyl sites for hydroxylation is 1. The van der Waals surface area contributed by atoms with Gasteiger partial charge in [-0.05, 0) is 48.4 Å². The van der Waals surface area contributed by atoms with Crippen molar-refractivity contribution in [2.75, 3.05) is 20.7 Å². The zero-order valence-corrected chi connectivity index (χ0v) is 19.1. The number of hydrogen-bond acceptors (Lipinski definition) is 4. The quantitative estimate of drug-likeness (QED) is 0.241. The molecule has 3 N–H and O–H groups in total. The van der Waals surface area contributed by atoms with Crippen molar-refractivity contribution in [1.82, 2.24) is 4.90 Å². The van der Waals surface area contributed by atoms with Crippen molar-refractivity contribution in [3.8, 4) is 11.3 Å². The predicted octanol–water partition coefficient (Wildman–Crippen LogP) is 2.57. The summed E-state index contributed by atoms with van der Waals surface area (Å²) in [6.07, 6.45) is 2.34. The highest BCUT2D eigenvalue weighted by Gasteiger charge is 2.24. The number of carbonyl (C=O) groups excluding carboxylic acids is 2. The Morgan fingerprint density at radius 3 is 2.42 bits per heavy atom. The van der Waals surface area contributed by atoms with Gasteiger partial charge in [0, 0.05) is 42.4 Å². The van der Waals surface area contributed by atoms with Gasteiger partial charge in [-0.15, -0.1) is 0 Å². The first kappa shape index (κ1) is 23.7. The summed E-state index contributed by atoms with van der Waals surface area (Å²) in [5, 5.41) is 7.61. The number of nitrogens with one attached hydrogen (secondary N) is 1. The molecule has 0 bridgehead atoms. The van der Waals surface area contributed by atoms with E-state index in [0.717, 1.165) is 16.8 Å². The molecule has 1 heterocycles. The van der Waals surface area contributed by atoms with E-state index in [1.54, 1.807) is 37.4 Å². The molecular weight excluding hydrogens is 416 g/mol. The molecule has 1 atom stereocenters. The molecule has 0 unspecified atom stereocenters. The van der Waals surface area contributed by atoms with Crippen LogP contribution in [0.4, 0.5) is 0 Å². The van der Waals surface area contributed by atoms with E-state index >= 15 is 0 Å². The summed E-state index contributed by atoms with van der Waals surface area (Å²) in [5.41, 5.74) is 9.61. The molecule has 7 heteroatoms. The van der Waals surface area contributed by atoms with E-state index in [0.29, 0.717) is 17.5 Å². The Hall–Kier alpha value is -4.00. The largest absolute Gasteiger partial charge is 0.469 e. The van der Waals surface area contributed by atoms with E-state index in [4.69, 9.17) is 15.9 Å². The summed E-state index contributed by atoms with van der Waals surface area (Å²) >= 11 is 0. The van der Waals surface area contributed by atoms with Gasteiger partial charge < -0.3 is 15.4 Å². The Balaban J connectivity index is 1.74. The van der Waals surface area contributed by atoms with E-state index in [9.17, 15) is 9.59 Å². The van der Waals surface area contributed by atoms with Gasteiger partial charge in [0.1, 0.15) is 12.9 Å². The van der Waals surface area contributed by atoms with Gasteiger partial charge >= 0.3 is 5.97 Å². The highest BCUT2D eigenvalue weighted by atomic mass is 16.5. The molecular formula is C26H29N4O3+. The fourth-order valence-electron chi connectivity index (χ4n) is 3.78. The first-order valence-corrected chi connectivity index (χ1v) is 10.6. The van der Waals surface area contributed by atoms with Gasteiger partial charge in [-0.2, -0.15) is 0 Å². The number of methoxy groups -OCH3 is 1. The Morgan fingerprint density at radius 1 is 1.06 bits per heavy atom. The fourth-order valence-corrected chi connectivity index (χ4v) is 3.78. The Bertz CT molecular complexity index is 1160. The van der Waals surface area contributed by atoms with Gasteiger partial charge in [-0.3, -0.25) is 15.0 Å². The molecule has 33 heavy (non-hydrogen) atoms. The topological polar surface area (TPSA) is 100 Å². The molecule has 170 valence electrons. The van der Waals surface area contributed by atoms with Crippen molar-refractivity contribution < 1.29 is 18.9 Å². The summed E-state index contributed by atoms with van der Waals surface area (Å²) in [4.78, 5) is 27.0. The maximum absolute atomic E-state index is 13.0. The van der Waals surface area contributed by atoms with E-state index in [2.05, 4.69) is 0 Å². The Morgan fingerprint density at radius 2 is 1.79 bits per heavy atom. The lowest BCUT2D eigenvalue weighted by Crippen LogP contribution is -2.36. The average Bonchev–Trinajstić information content (AvgIpc) is 2.83. The van der Waals surface area contributed by atoms with Crippen molar-refractivity contribution in [2.45, 2.75) is 6.42 Å². The normalized spacial score (nSPS) is 11.5. The van der Waals surface area contributed by atoms with Crippen molar-refractivity contribution in [2.24, 2.45) is 18.7 Å². The summed E-state index contributed by atoms with van der Waals surface area (Å²) in [6.45, 7) is 0.200. The predicted molar refractivity (Wildman–Crippen MR) is 127 cm³/mol. The van der Waals surface area contributed by atoms with Crippen molar-refractivity contribution in [3.63, 3.8) is 0 Å². The fraction of sp³-hybridized carbons (Fsp3) is 0.231. The van der Waals surface area contributed by atoms with Gasteiger partial charge in [0.25, 0.3) is 5.91 Å². The first-order chi connectivity index (χ1) is 15.8. The van der Waals surface area contributed by atoms with E-state index in [1.165, 1.54) is 12.0 Å². The molecule has 0 saturated heterocycles. The summed E-state index contributed by atoms with van der Waals surface area (Å²) in [7, 11) is 4.99. The van der Waals surface area contributed by atoms with Crippen LogP contribution in [-0.4, -0.2) is 43.3 Å². The van der Waals surface area contributed by atoms with E-state index in [1.807, 2.05) is 54.2 Å². The van der Waals surface area contributed by atoms with Crippen LogP contribution in [0.5, 0.6) is 0 Å². The average molecular weight is 446 g/mol. The number of benzene rings is 2. The van der Waals surface area contributed by atoms with Crippen LogP contribution in [0, 0.1) is 11.3 Å². The molecule has 3 rings (SSSR count). The van der Waals surface area contributed by atoms with Crippen molar-refractivity contribution in [1.29, 1.82) is 5.41 Å². The van der Waals surface area contributed by atoms with Crippen LogP contribution in [0.15, 0.2) is 72.9 Å². The second-order valence-electron chi connectivity index (χ2n) is 8.00. The lowest BCUT2D eigenvalue weighted by molar-refractivity contribution is -0.660. The number of esters is 1. The van der Waals surface area contributed by atoms with Crippen LogP contribution in [0.25, 0.3) is 11.3 Å². The second-order valence-corrected chi connectivity index (χ2v) is 8.00.